The molecule has 1 nitrogen and oxygen atoms in total. The molecule has 1 N–H and O–H groups in total. The minimum Gasteiger partial charge on any atom is -0.396 e. The van der Waals surface area contributed by atoms with Crippen molar-refractivity contribution in [2.75, 3.05) is 6.61 Å². The maximum absolute atomic E-state index is 10.2. The Morgan fingerprint density at radius 1 is 0.821 bits per heavy atom. The van der Waals surface area contributed by atoms with Gasteiger partial charge in [-0.2, -0.15) is 0 Å². The number of allylic oxidation sites excluding steroid dienone is 1. The van der Waals surface area contributed by atoms with Gasteiger partial charge < -0.3 is 5.11 Å². The molecule has 0 saturated heterocycles. The predicted molar refractivity (Wildman–Crippen MR) is 119 cm³/mol. The van der Waals surface area contributed by atoms with Crippen LogP contribution in [0.25, 0.3) is 0 Å². The molecule has 5 saturated carbocycles. The SMILES string of the molecule is C=CC.CC12CCCCC1CCC1(C)C3CCC4(CO)CCCC4C3CCC21. The molecule has 1 heteroatoms. The topological polar surface area (TPSA) is 20.2 Å². The largest absolute Gasteiger partial charge is 0.396 e. The van der Waals surface area contributed by atoms with E-state index >= 15 is 0 Å². The third-order valence-corrected chi connectivity index (χ3v) is 11.0. The van der Waals surface area contributed by atoms with Crippen LogP contribution in [0, 0.1) is 45.8 Å². The van der Waals surface area contributed by atoms with Crippen LogP contribution in [-0.4, -0.2) is 11.7 Å². The summed E-state index contributed by atoms with van der Waals surface area (Å²) < 4.78 is 0. The lowest BCUT2D eigenvalue weighted by atomic mass is 9.38. The molecule has 160 valence electrons. The van der Waals surface area contributed by atoms with E-state index in [1.165, 1.54) is 83.5 Å². The first-order chi connectivity index (χ1) is 13.4. The van der Waals surface area contributed by atoms with Crippen molar-refractivity contribution in [1.82, 2.24) is 0 Å². The van der Waals surface area contributed by atoms with Crippen molar-refractivity contribution in [3.63, 3.8) is 0 Å². The number of fused-ring (bicyclic) bond motifs is 7. The third-order valence-electron chi connectivity index (χ3n) is 11.0. The molecule has 5 fully saturated rings. The van der Waals surface area contributed by atoms with Crippen LogP contribution in [0.1, 0.15) is 104 Å². The van der Waals surface area contributed by atoms with Crippen LogP contribution in [-0.2, 0) is 0 Å². The van der Waals surface area contributed by atoms with Crippen molar-refractivity contribution in [2.24, 2.45) is 45.8 Å². The summed E-state index contributed by atoms with van der Waals surface area (Å²) in [4.78, 5) is 0. The monoisotopic (exact) mass is 386 g/mol. The van der Waals surface area contributed by atoms with Gasteiger partial charge in [0.2, 0.25) is 0 Å². The molecule has 8 atom stereocenters. The first kappa shape index (κ1) is 21.0. The van der Waals surface area contributed by atoms with E-state index in [2.05, 4.69) is 20.4 Å². The van der Waals surface area contributed by atoms with Gasteiger partial charge in [-0.3, -0.25) is 0 Å². The molecule has 0 aliphatic heterocycles. The van der Waals surface area contributed by atoms with Gasteiger partial charge in [-0.25, -0.2) is 0 Å². The fraction of sp³-hybridized carbons (Fsp3) is 0.926. The van der Waals surface area contributed by atoms with Crippen LogP contribution in [0.5, 0.6) is 0 Å². The Bertz CT molecular complexity index is 569. The van der Waals surface area contributed by atoms with E-state index in [-0.39, 0.29) is 0 Å². The average molecular weight is 387 g/mol. The van der Waals surface area contributed by atoms with Gasteiger partial charge in [0.1, 0.15) is 0 Å². The normalized spacial score (nSPS) is 52.2. The number of hydrogen-bond donors (Lipinski definition) is 1. The summed E-state index contributed by atoms with van der Waals surface area (Å²) in [5, 5.41) is 10.2. The van der Waals surface area contributed by atoms with Crippen LogP contribution < -0.4 is 0 Å². The van der Waals surface area contributed by atoms with Crippen molar-refractivity contribution in [1.29, 1.82) is 0 Å². The van der Waals surface area contributed by atoms with Crippen LogP contribution >= 0.6 is 0 Å². The number of aliphatic hydroxyl groups excluding tert-OH is 1. The van der Waals surface area contributed by atoms with E-state index in [0.717, 1.165) is 29.6 Å². The smallest absolute Gasteiger partial charge is 0.0490 e. The van der Waals surface area contributed by atoms with Gasteiger partial charge in [0, 0.05) is 6.61 Å². The molecular weight excluding hydrogens is 340 g/mol. The predicted octanol–water partition coefficient (Wildman–Crippen LogP) is 7.39. The average Bonchev–Trinajstić information content (AvgIpc) is 3.13. The number of hydrogen-bond acceptors (Lipinski definition) is 1. The molecule has 0 spiro atoms. The highest BCUT2D eigenvalue weighted by Crippen LogP contribution is 2.71. The van der Waals surface area contributed by atoms with Gasteiger partial charge in [0.05, 0.1) is 0 Å². The lowest BCUT2D eigenvalue weighted by molar-refractivity contribution is -0.177. The quantitative estimate of drug-likeness (QED) is 0.466. The molecule has 0 heterocycles. The van der Waals surface area contributed by atoms with Crippen LogP contribution in [0.2, 0.25) is 0 Å². The lowest BCUT2D eigenvalue weighted by Gasteiger charge is -2.66. The second-order valence-corrected chi connectivity index (χ2v) is 11.9. The molecule has 0 radical (unpaired) electrons. The minimum absolute atomic E-state index is 0.330. The summed E-state index contributed by atoms with van der Waals surface area (Å²) in [5.74, 6) is 4.78. The standard InChI is InChI=1S/C24H40O.C3H6/c1-22-12-4-3-6-17(22)10-14-23(2)19-11-15-24(16-25)13-5-7-20(24)18(19)8-9-21(22)23;1-3-2/h17-21,25H,3-16H2,1-2H3;3H,1H2,2H3. The second-order valence-electron chi connectivity index (χ2n) is 11.9. The third kappa shape index (κ3) is 2.97. The summed E-state index contributed by atoms with van der Waals surface area (Å²) in [6.07, 6.45) is 20.7. The van der Waals surface area contributed by atoms with Gasteiger partial charge in [0.15, 0.2) is 0 Å². The second kappa shape index (κ2) is 7.75. The van der Waals surface area contributed by atoms with E-state index in [0.29, 0.717) is 22.9 Å². The van der Waals surface area contributed by atoms with Crippen molar-refractivity contribution >= 4 is 0 Å². The van der Waals surface area contributed by atoms with E-state index in [4.69, 9.17) is 0 Å². The summed E-state index contributed by atoms with van der Waals surface area (Å²) >= 11 is 0. The molecule has 0 aromatic carbocycles. The zero-order chi connectivity index (χ0) is 20.0. The molecule has 0 bridgehead atoms. The van der Waals surface area contributed by atoms with Gasteiger partial charge >= 0.3 is 0 Å². The summed E-state index contributed by atoms with van der Waals surface area (Å²) in [6, 6.07) is 0. The summed E-state index contributed by atoms with van der Waals surface area (Å²) in [7, 11) is 0. The zero-order valence-corrected chi connectivity index (χ0v) is 19.0. The van der Waals surface area contributed by atoms with E-state index in [1.54, 1.807) is 6.08 Å². The summed E-state index contributed by atoms with van der Waals surface area (Å²) in [6.45, 7) is 11.2. The van der Waals surface area contributed by atoms with Gasteiger partial charge in [0.25, 0.3) is 0 Å². The molecule has 0 aromatic rings. The zero-order valence-electron chi connectivity index (χ0n) is 19.0. The Balaban J connectivity index is 0.000000604. The van der Waals surface area contributed by atoms with Crippen LogP contribution in [0.3, 0.4) is 0 Å². The van der Waals surface area contributed by atoms with Crippen molar-refractivity contribution in [3.05, 3.63) is 12.7 Å². The fourth-order valence-electron chi connectivity index (χ4n) is 9.82. The molecule has 5 aliphatic rings. The minimum atomic E-state index is 0.330. The van der Waals surface area contributed by atoms with Crippen molar-refractivity contribution in [2.45, 2.75) is 104 Å². The van der Waals surface area contributed by atoms with Gasteiger partial charge in [-0.1, -0.05) is 39.2 Å². The van der Waals surface area contributed by atoms with E-state index < -0.39 is 0 Å². The van der Waals surface area contributed by atoms with E-state index in [9.17, 15) is 5.11 Å². The highest BCUT2D eigenvalue weighted by Gasteiger charge is 2.63. The number of aliphatic hydroxyl groups is 1. The van der Waals surface area contributed by atoms with Crippen LogP contribution in [0.15, 0.2) is 12.7 Å². The van der Waals surface area contributed by atoms with Gasteiger partial charge in [-0.05, 0) is 117 Å². The Morgan fingerprint density at radius 2 is 1.61 bits per heavy atom. The molecule has 0 aromatic heterocycles. The highest BCUT2D eigenvalue weighted by atomic mass is 16.3. The molecule has 28 heavy (non-hydrogen) atoms. The Morgan fingerprint density at radius 3 is 2.36 bits per heavy atom. The van der Waals surface area contributed by atoms with Crippen molar-refractivity contribution in [3.8, 4) is 0 Å². The van der Waals surface area contributed by atoms with Crippen molar-refractivity contribution < 1.29 is 5.11 Å². The highest BCUT2D eigenvalue weighted by molar-refractivity contribution is 5.12. The Labute approximate surface area is 174 Å². The molecular formula is C27H46O. The molecule has 8 unspecified atom stereocenters. The Kier molecular flexibility index (Phi) is 5.80. The first-order valence-electron chi connectivity index (χ1n) is 12.6. The molecule has 5 aliphatic carbocycles. The number of rotatable bonds is 1. The Hall–Kier alpha value is -0.300. The lowest BCUT2D eigenvalue weighted by Crippen LogP contribution is -2.59. The van der Waals surface area contributed by atoms with Crippen LogP contribution in [0.4, 0.5) is 0 Å². The molecule has 0 amide bonds. The maximum Gasteiger partial charge on any atom is 0.0490 e. The fourth-order valence-corrected chi connectivity index (χ4v) is 9.82. The van der Waals surface area contributed by atoms with E-state index in [1.807, 2.05) is 6.92 Å². The van der Waals surface area contributed by atoms with Gasteiger partial charge in [-0.15, -0.1) is 6.58 Å². The summed E-state index contributed by atoms with van der Waals surface area (Å²) in [5.41, 5.74) is 1.59. The maximum atomic E-state index is 10.2. The molecule has 5 rings (SSSR count). The first-order valence-corrected chi connectivity index (χ1v) is 12.6.